The summed E-state index contributed by atoms with van der Waals surface area (Å²) >= 11 is 0. The van der Waals surface area contributed by atoms with Crippen LogP contribution in [0.3, 0.4) is 0 Å². The summed E-state index contributed by atoms with van der Waals surface area (Å²) in [6, 6.07) is 6.53. The molecule has 118 valence electrons. The Morgan fingerprint density at radius 3 is 2.55 bits per heavy atom. The van der Waals surface area contributed by atoms with Gasteiger partial charge in [0.2, 0.25) is 5.91 Å². The van der Waals surface area contributed by atoms with E-state index in [2.05, 4.69) is 0 Å². The second-order valence-electron chi connectivity index (χ2n) is 6.25. The lowest BCUT2D eigenvalue weighted by atomic mass is 10.2. The number of likely N-dealkylation sites (N-methyl/N-ethyl adjacent to an activating group) is 1. The molecule has 1 saturated carbocycles. The molecule has 1 heterocycles. The van der Waals surface area contributed by atoms with Gasteiger partial charge in [-0.2, -0.15) is 0 Å². The highest BCUT2D eigenvalue weighted by molar-refractivity contribution is 5.80. The van der Waals surface area contributed by atoms with Gasteiger partial charge in [0, 0.05) is 25.2 Å². The van der Waals surface area contributed by atoms with Gasteiger partial charge in [0.1, 0.15) is 5.82 Å². The molecule has 2 aliphatic rings. The quantitative estimate of drug-likeness (QED) is 0.883. The average molecular weight is 306 g/mol. The second-order valence-corrected chi connectivity index (χ2v) is 6.25. The third-order valence-corrected chi connectivity index (χ3v) is 4.64. The average Bonchev–Trinajstić information content (AvgIpc) is 2.97. The fraction of sp³-hybridized carbons (Fsp3) is 0.500. The summed E-state index contributed by atoms with van der Waals surface area (Å²) in [4.78, 5) is 26.6. The third kappa shape index (κ3) is 2.83. The van der Waals surface area contributed by atoms with Crippen LogP contribution in [-0.2, 0) is 16.1 Å². The Balaban J connectivity index is 1.49. The first-order valence-corrected chi connectivity index (χ1v) is 7.40. The van der Waals surface area contributed by atoms with Crippen molar-refractivity contribution in [3.05, 3.63) is 35.6 Å². The molecule has 22 heavy (non-hydrogen) atoms. The van der Waals surface area contributed by atoms with Gasteiger partial charge in [-0.3, -0.25) is 14.5 Å². The monoisotopic (exact) mass is 306 g/mol. The predicted molar refractivity (Wildman–Crippen MR) is 77.4 cm³/mol. The molecule has 3 atom stereocenters. The first kappa shape index (κ1) is 15.0. The highest BCUT2D eigenvalue weighted by atomic mass is 19.1. The maximum absolute atomic E-state index is 13.6. The van der Waals surface area contributed by atoms with Crippen molar-refractivity contribution in [1.82, 2.24) is 9.80 Å². The number of rotatable bonds is 5. The second kappa shape index (κ2) is 5.68. The standard InChI is InChI=1S/C16H19FN2O3/c1-18(6-10-4-2-3-5-13(10)17)9-14(20)19-7-11-12(8-19)15(11)16(21)22/h2-5,11-12,15H,6-9H2,1H3,(H,21,22)/t11-,12+,15?. The van der Waals surface area contributed by atoms with E-state index >= 15 is 0 Å². The molecule has 1 amide bonds. The Morgan fingerprint density at radius 1 is 1.32 bits per heavy atom. The number of hydrogen-bond donors (Lipinski definition) is 1. The smallest absolute Gasteiger partial charge is 0.307 e. The van der Waals surface area contributed by atoms with Crippen molar-refractivity contribution in [1.29, 1.82) is 0 Å². The predicted octanol–water partition coefficient (Wildman–Crippen LogP) is 1.05. The zero-order valence-corrected chi connectivity index (χ0v) is 12.4. The number of likely N-dealkylation sites (tertiary alicyclic amines) is 1. The van der Waals surface area contributed by atoms with Gasteiger partial charge >= 0.3 is 5.97 Å². The number of aliphatic carboxylic acids is 1. The molecule has 1 aliphatic carbocycles. The molecule has 0 radical (unpaired) electrons. The molecule has 6 heteroatoms. The number of nitrogens with zero attached hydrogens (tertiary/aromatic N) is 2. The van der Waals surface area contributed by atoms with Gasteiger partial charge in [-0.1, -0.05) is 18.2 Å². The first-order chi connectivity index (χ1) is 10.5. The van der Waals surface area contributed by atoms with Gasteiger partial charge in [-0.25, -0.2) is 4.39 Å². The maximum atomic E-state index is 13.6. The molecule has 0 bridgehead atoms. The van der Waals surface area contributed by atoms with Gasteiger partial charge in [0.25, 0.3) is 0 Å². The van der Waals surface area contributed by atoms with Crippen LogP contribution in [0.15, 0.2) is 24.3 Å². The minimum Gasteiger partial charge on any atom is -0.481 e. The molecule has 1 aliphatic heterocycles. The summed E-state index contributed by atoms with van der Waals surface area (Å²) in [6.07, 6.45) is 0. The summed E-state index contributed by atoms with van der Waals surface area (Å²) in [5.74, 6) is -1.06. The van der Waals surface area contributed by atoms with Crippen molar-refractivity contribution in [3.8, 4) is 0 Å². The molecule has 1 aromatic rings. The highest BCUT2D eigenvalue weighted by Gasteiger charge is 2.60. The summed E-state index contributed by atoms with van der Waals surface area (Å²) < 4.78 is 13.6. The van der Waals surface area contributed by atoms with Crippen LogP contribution in [0.2, 0.25) is 0 Å². The largest absolute Gasteiger partial charge is 0.481 e. The number of piperidine rings is 1. The van der Waals surface area contributed by atoms with E-state index in [0.717, 1.165) is 0 Å². The zero-order chi connectivity index (χ0) is 15.9. The zero-order valence-electron chi connectivity index (χ0n) is 12.4. The van der Waals surface area contributed by atoms with Crippen molar-refractivity contribution < 1.29 is 19.1 Å². The van der Waals surface area contributed by atoms with Crippen LogP contribution in [0.25, 0.3) is 0 Å². The molecular formula is C16H19FN2O3. The SMILES string of the molecule is CN(CC(=O)N1C[C@@H]2C(C(=O)O)[C@@H]2C1)Cc1ccccc1F. The number of hydrogen-bond acceptors (Lipinski definition) is 3. The highest BCUT2D eigenvalue weighted by Crippen LogP contribution is 2.51. The van der Waals surface area contributed by atoms with Crippen LogP contribution < -0.4 is 0 Å². The van der Waals surface area contributed by atoms with Gasteiger partial charge in [-0.15, -0.1) is 0 Å². The van der Waals surface area contributed by atoms with E-state index in [-0.39, 0.29) is 36.0 Å². The molecule has 1 aromatic carbocycles. The van der Waals surface area contributed by atoms with E-state index in [1.165, 1.54) is 6.07 Å². The fourth-order valence-electron chi connectivity index (χ4n) is 3.40. The van der Waals surface area contributed by atoms with E-state index < -0.39 is 5.97 Å². The summed E-state index contributed by atoms with van der Waals surface area (Å²) in [5.41, 5.74) is 0.563. The normalized spacial score (nSPS) is 26.1. The number of carbonyl (C=O) groups is 2. The topological polar surface area (TPSA) is 60.9 Å². The van der Waals surface area contributed by atoms with Crippen molar-refractivity contribution in [2.45, 2.75) is 6.54 Å². The number of carboxylic acids is 1. The van der Waals surface area contributed by atoms with Crippen LogP contribution in [0.5, 0.6) is 0 Å². The number of halogens is 1. The van der Waals surface area contributed by atoms with E-state index in [1.54, 1.807) is 35.0 Å². The molecule has 0 spiro atoms. The van der Waals surface area contributed by atoms with Crippen LogP contribution >= 0.6 is 0 Å². The first-order valence-electron chi connectivity index (χ1n) is 7.40. The molecular weight excluding hydrogens is 287 g/mol. The van der Waals surface area contributed by atoms with E-state index in [9.17, 15) is 14.0 Å². The lowest BCUT2D eigenvalue weighted by molar-refractivity contribution is -0.141. The summed E-state index contributed by atoms with van der Waals surface area (Å²) in [6.45, 7) is 1.66. The summed E-state index contributed by atoms with van der Waals surface area (Å²) in [7, 11) is 1.78. The molecule has 3 rings (SSSR count). The van der Waals surface area contributed by atoms with Crippen molar-refractivity contribution in [3.63, 3.8) is 0 Å². The Kier molecular flexibility index (Phi) is 3.87. The lowest BCUT2D eigenvalue weighted by Crippen LogP contribution is -2.39. The maximum Gasteiger partial charge on any atom is 0.307 e. The number of fused-ring (bicyclic) bond motifs is 1. The molecule has 1 unspecified atom stereocenters. The van der Waals surface area contributed by atoms with Crippen LogP contribution in [0.4, 0.5) is 4.39 Å². The van der Waals surface area contributed by atoms with Crippen molar-refractivity contribution in [2.75, 3.05) is 26.7 Å². The molecule has 1 saturated heterocycles. The van der Waals surface area contributed by atoms with Gasteiger partial charge in [0.05, 0.1) is 12.5 Å². The van der Waals surface area contributed by atoms with E-state index in [0.29, 0.717) is 25.2 Å². The van der Waals surface area contributed by atoms with Gasteiger partial charge in [0.15, 0.2) is 0 Å². The van der Waals surface area contributed by atoms with Crippen LogP contribution in [-0.4, -0.2) is 53.5 Å². The molecule has 5 nitrogen and oxygen atoms in total. The molecule has 2 fully saturated rings. The van der Waals surface area contributed by atoms with E-state index in [1.807, 2.05) is 0 Å². The number of benzene rings is 1. The lowest BCUT2D eigenvalue weighted by Gasteiger charge is -2.23. The fourth-order valence-corrected chi connectivity index (χ4v) is 3.40. The van der Waals surface area contributed by atoms with Crippen LogP contribution in [0, 0.1) is 23.6 Å². The Bertz CT molecular complexity index is 595. The third-order valence-electron chi connectivity index (χ3n) is 4.64. The van der Waals surface area contributed by atoms with Crippen molar-refractivity contribution in [2.24, 2.45) is 17.8 Å². The minimum atomic E-state index is -0.751. The van der Waals surface area contributed by atoms with Gasteiger partial charge < -0.3 is 10.0 Å². The van der Waals surface area contributed by atoms with Crippen molar-refractivity contribution >= 4 is 11.9 Å². The van der Waals surface area contributed by atoms with Crippen LogP contribution in [0.1, 0.15) is 5.56 Å². The number of carbonyl (C=O) groups excluding carboxylic acids is 1. The molecule has 1 N–H and O–H groups in total. The Labute approximate surface area is 128 Å². The number of amides is 1. The summed E-state index contributed by atoms with van der Waals surface area (Å²) in [5, 5.41) is 8.97. The van der Waals surface area contributed by atoms with E-state index in [4.69, 9.17) is 5.11 Å². The minimum absolute atomic E-state index is 0.0184. The van der Waals surface area contributed by atoms with Gasteiger partial charge in [-0.05, 0) is 24.9 Å². The number of carboxylic acid groups (broad SMARTS) is 1. The Morgan fingerprint density at radius 2 is 1.95 bits per heavy atom. The molecule has 0 aromatic heterocycles. The Hall–Kier alpha value is -1.95.